The lowest BCUT2D eigenvalue weighted by Gasteiger charge is -2.08. The molecule has 0 aliphatic carbocycles. The van der Waals surface area contributed by atoms with Crippen LogP contribution in [0.2, 0.25) is 0 Å². The minimum Gasteiger partial charge on any atom is -0.359 e. The number of fused-ring (bicyclic) bond motifs is 2. The van der Waals surface area contributed by atoms with Crippen molar-refractivity contribution in [1.82, 2.24) is 0 Å². The summed E-state index contributed by atoms with van der Waals surface area (Å²) in [4.78, 5) is 2.22. The molecular weight excluding hydrogens is 456 g/mol. The molecule has 6 nitrogen and oxygen atoms in total. The van der Waals surface area contributed by atoms with Crippen molar-refractivity contribution in [2.45, 2.75) is 37.5 Å². The van der Waals surface area contributed by atoms with Crippen LogP contribution >= 0.6 is 0 Å². The summed E-state index contributed by atoms with van der Waals surface area (Å²) in [5.41, 5.74) is 13.6. The zero-order valence-electron chi connectivity index (χ0n) is 18.6. The van der Waals surface area contributed by atoms with E-state index in [1.54, 1.807) is 12.1 Å². The van der Waals surface area contributed by atoms with Crippen LogP contribution in [0.25, 0.3) is 27.1 Å². The van der Waals surface area contributed by atoms with E-state index in [9.17, 15) is 22.4 Å². The first-order valence-corrected chi connectivity index (χ1v) is 13.2. The first kappa shape index (κ1) is 22.9. The molecule has 0 heterocycles. The summed E-state index contributed by atoms with van der Waals surface area (Å²) >= 11 is 0. The number of hydrogen-bond acceptors (Lipinski definition) is 4. The van der Waals surface area contributed by atoms with Crippen LogP contribution in [0, 0.1) is 27.7 Å². The second-order valence-corrected chi connectivity index (χ2v) is 12.3. The van der Waals surface area contributed by atoms with Gasteiger partial charge in [0.2, 0.25) is 0 Å². The van der Waals surface area contributed by atoms with Gasteiger partial charge in [0.05, 0.1) is 9.79 Å². The van der Waals surface area contributed by atoms with Crippen LogP contribution in [0.4, 0.5) is 0 Å². The third kappa shape index (κ3) is 3.86. The van der Waals surface area contributed by atoms with Gasteiger partial charge in [0.15, 0.2) is 0 Å². The van der Waals surface area contributed by atoms with Crippen LogP contribution in [0.5, 0.6) is 0 Å². The van der Waals surface area contributed by atoms with E-state index in [0.29, 0.717) is 10.8 Å². The Morgan fingerprint density at radius 1 is 0.576 bits per heavy atom. The summed E-state index contributed by atoms with van der Waals surface area (Å²) in [7, 11) is -9.26. The van der Waals surface area contributed by atoms with Gasteiger partial charge in [-0.3, -0.25) is 0 Å². The average Bonchev–Trinajstić information content (AvgIpc) is 2.74. The molecule has 0 radical (unpaired) electrons. The molecule has 0 unspecified atom stereocenters. The first-order valence-electron chi connectivity index (χ1n) is 10.2. The Kier molecular flexibility index (Phi) is 5.48. The smallest absolute Gasteiger partial charge is 0.359 e. The maximum atomic E-state index is 13.3. The molecule has 8 heteroatoms. The fourth-order valence-electron chi connectivity index (χ4n) is 3.79. The molecule has 0 saturated heterocycles. The van der Waals surface area contributed by atoms with E-state index >= 15 is 0 Å². The first-order chi connectivity index (χ1) is 15.4. The Balaban J connectivity index is 1.85. The lowest BCUT2D eigenvalue weighted by atomic mass is 10.0. The van der Waals surface area contributed by atoms with E-state index in [-0.39, 0.29) is 9.79 Å². The summed E-state index contributed by atoms with van der Waals surface area (Å²) in [6.07, 6.45) is 0. The minimum atomic E-state index is -4.63. The van der Waals surface area contributed by atoms with E-state index in [4.69, 9.17) is 0 Å². The number of nitrogens with zero attached hydrogens (tertiary/aromatic N) is 2. The van der Waals surface area contributed by atoms with Gasteiger partial charge >= 0.3 is 4.38 Å². The molecule has 0 fully saturated rings. The van der Waals surface area contributed by atoms with Gasteiger partial charge < -0.3 is 5.53 Å². The van der Waals surface area contributed by atoms with Crippen LogP contribution < -0.4 is 0 Å². The number of hydrogen-bond donors (Lipinski definition) is 0. The van der Waals surface area contributed by atoms with Crippen molar-refractivity contribution >= 4 is 45.6 Å². The van der Waals surface area contributed by atoms with Crippen molar-refractivity contribution in [3.05, 3.63) is 88.4 Å². The highest BCUT2D eigenvalue weighted by Gasteiger charge is 2.44. The molecule has 168 valence electrons. The highest BCUT2D eigenvalue weighted by atomic mass is 32.3. The Morgan fingerprint density at radius 3 is 1.24 bits per heavy atom. The second-order valence-electron chi connectivity index (χ2n) is 8.26. The van der Waals surface area contributed by atoms with Gasteiger partial charge in [0.1, 0.15) is 0 Å². The monoisotopic (exact) mass is 478 g/mol. The van der Waals surface area contributed by atoms with Crippen molar-refractivity contribution in [3.63, 3.8) is 0 Å². The van der Waals surface area contributed by atoms with Crippen molar-refractivity contribution < 1.29 is 21.6 Å². The topological polar surface area (TPSA) is 105 Å². The van der Waals surface area contributed by atoms with Crippen molar-refractivity contribution in [3.8, 4) is 0 Å². The number of aryl methyl sites for hydroxylation is 4. The van der Waals surface area contributed by atoms with Crippen LogP contribution in [0.1, 0.15) is 22.3 Å². The van der Waals surface area contributed by atoms with Gasteiger partial charge in [-0.2, -0.15) is 0 Å². The third-order valence-corrected chi connectivity index (χ3v) is 10.2. The zero-order valence-corrected chi connectivity index (χ0v) is 20.3. The lowest BCUT2D eigenvalue weighted by molar-refractivity contribution is 0.00380. The Morgan fingerprint density at radius 2 is 0.909 bits per heavy atom. The predicted molar refractivity (Wildman–Crippen MR) is 130 cm³/mol. The molecule has 0 aromatic heterocycles. The van der Waals surface area contributed by atoms with Crippen LogP contribution in [0.3, 0.4) is 0 Å². The molecule has 0 atom stereocenters. The van der Waals surface area contributed by atoms with Crippen LogP contribution in [0.15, 0.2) is 70.5 Å². The summed E-state index contributed by atoms with van der Waals surface area (Å²) in [5, 5.41) is 2.93. The molecule has 0 bridgehead atoms. The van der Waals surface area contributed by atoms with Crippen LogP contribution in [-0.4, -0.2) is 26.0 Å². The standard InChI is InChI=1S/C25H22N2O4S2/c1-15-9-19-5-7-23(13-21(19)11-17(15)3)32(28,29)25(27-26)33(30,31)24-8-6-20-10-16(2)18(4)12-22(20)14-24/h5-14H,1-4H3. The largest absolute Gasteiger partial charge is 0.504 e. The summed E-state index contributed by atoms with van der Waals surface area (Å²) in [6.45, 7) is 7.72. The molecule has 0 aliphatic heterocycles. The van der Waals surface area contributed by atoms with Gasteiger partial charge in [0.25, 0.3) is 19.7 Å². The highest BCUT2D eigenvalue weighted by molar-refractivity contribution is 8.31. The molecular formula is C25H22N2O4S2. The molecule has 4 rings (SSSR count). The van der Waals surface area contributed by atoms with E-state index in [1.165, 1.54) is 24.3 Å². The van der Waals surface area contributed by atoms with Gasteiger partial charge in [-0.25, -0.2) is 16.8 Å². The molecule has 0 saturated carbocycles. The normalized spacial score (nSPS) is 12.1. The Hall–Kier alpha value is -3.32. The van der Waals surface area contributed by atoms with Crippen molar-refractivity contribution in [2.75, 3.05) is 0 Å². The van der Waals surface area contributed by atoms with E-state index in [1.807, 2.05) is 52.0 Å². The minimum absolute atomic E-state index is 0.262. The van der Waals surface area contributed by atoms with E-state index in [0.717, 1.165) is 33.0 Å². The molecule has 33 heavy (non-hydrogen) atoms. The fraction of sp³-hybridized carbons (Fsp3) is 0.160. The van der Waals surface area contributed by atoms with Crippen molar-refractivity contribution in [1.29, 1.82) is 0 Å². The quantitative estimate of drug-likeness (QED) is 0.174. The number of rotatable bonds is 2. The van der Waals surface area contributed by atoms with E-state index < -0.39 is 24.1 Å². The van der Waals surface area contributed by atoms with Gasteiger partial charge in [-0.05, 0) is 95.8 Å². The second kappa shape index (κ2) is 7.92. The number of sulfone groups is 2. The molecule has 0 N–H and O–H groups in total. The summed E-state index contributed by atoms with van der Waals surface area (Å²) in [5.74, 6) is 0. The lowest BCUT2D eigenvalue weighted by Crippen LogP contribution is -2.26. The highest BCUT2D eigenvalue weighted by Crippen LogP contribution is 2.28. The SMILES string of the molecule is Cc1cc2ccc(S(=O)(=O)C(=[N+]=[N-])S(=O)(=O)c3ccc4cc(C)c(C)cc4c3)cc2cc1C. The maximum Gasteiger partial charge on any atom is 0.504 e. The molecule has 0 aliphatic rings. The Labute approximate surface area is 193 Å². The zero-order chi connectivity index (χ0) is 24.1. The predicted octanol–water partition coefficient (Wildman–Crippen LogP) is 5.06. The van der Waals surface area contributed by atoms with Crippen LogP contribution in [-0.2, 0) is 19.7 Å². The molecule has 0 amide bonds. The fourth-order valence-corrected chi connectivity index (χ4v) is 7.20. The van der Waals surface area contributed by atoms with Gasteiger partial charge in [0, 0.05) is 0 Å². The summed E-state index contributed by atoms with van der Waals surface area (Å²) < 4.78 is 51.8. The maximum absolute atomic E-state index is 13.3. The number of benzene rings is 4. The Bertz CT molecular complexity index is 1610. The average molecular weight is 479 g/mol. The molecule has 4 aromatic carbocycles. The molecule has 0 spiro atoms. The van der Waals surface area contributed by atoms with Gasteiger partial charge in [-0.1, -0.05) is 36.4 Å². The summed E-state index contributed by atoms with van der Waals surface area (Å²) in [6, 6.07) is 16.2. The molecule has 4 aromatic rings. The van der Waals surface area contributed by atoms with Gasteiger partial charge in [-0.15, -0.1) is 4.79 Å². The van der Waals surface area contributed by atoms with E-state index in [2.05, 4.69) is 4.79 Å². The third-order valence-electron chi connectivity index (χ3n) is 6.01. The van der Waals surface area contributed by atoms with Crippen molar-refractivity contribution in [2.24, 2.45) is 0 Å².